The molecule has 2 unspecified atom stereocenters. The predicted octanol–water partition coefficient (Wildman–Crippen LogP) is 1.87. The molecule has 0 aromatic heterocycles. The van der Waals surface area contributed by atoms with E-state index in [9.17, 15) is 4.79 Å². The first-order valence-corrected chi connectivity index (χ1v) is 6.94. The first kappa shape index (κ1) is 12.5. The zero-order valence-corrected chi connectivity index (χ0v) is 11.2. The minimum absolute atomic E-state index is 0.0362. The van der Waals surface area contributed by atoms with Crippen LogP contribution >= 0.6 is 0 Å². The SMILES string of the molecule is Cc1c(N)cccc1C(=O)NC1CCOC1C1CC1. The standard InChI is InChI=1S/C15H20N2O2/c1-9-11(3-2-4-12(9)16)15(18)17-13-7-8-19-14(13)10-5-6-10/h2-4,10,13-14H,5-8,16H2,1H3,(H,17,18). The molecular weight excluding hydrogens is 240 g/mol. The topological polar surface area (TPSA) is 64.4 Å². The summed E-state index contributed by atoms with van der Waals surface area (Å²) < 4.78 is 5.74. The Bertz CT molecular complexity index is 497. The summed E-state index contributed by atoms with van der Waals surface area (Å²) in [6.07, 6.45) is 3.59. The third-order valence-electron chi connectivity index (χ3n) is 4.16. The Labute approximate surface area is 113 Å². The molecule has 1 amide bonds. The van der Waals surface area contributed by atoms with Crippen molar-refractivity contribution in [2.75, 3.05) is 12.3 Å². The number of hydrogen-bond acceptors (Lipinski definition) is 3. The number of carbonyl (C=O) groups is 1. The van der Waals surface area contributed by atoms with Gasteiger partial charge in [0.2, 0.25) is 0 Å². The quantitative estimate of drug-likeness (QED) is 0.815. The van der Waals surface area contributed by atoms with Gasteiger partial charge in [0, 0.05) is 17.9 Å². The second-order valence-electron chi connectivity index (χ2n) is 5.56. The summed E-state index contributed by atoms with van der Waals surface area (Å²) in [6.45, 7) is 2.63. The molecule has 3 rings (SSSR count). The van der Waals surface area contributed by atoms with Crippen molar-refractivity contribution < 1.29 is 9.53 Å². The maximum absolute atomic E-state index is 12.3. The molecule has 1 aromatic rings. The van der Waals surface area contributed by atoms with E-state index in [0.717, 1.165) is 18.6 Å². The summed E-state index contributed by atoms with van der Waals surface area (Å²) in [6, 6.07) is 5.61. The molecule has 2 atom stereocenters. The van der Waals surface area contributed by atoms with E-state index in [0.29, 0.717) is 17.2 Å². The fourth-order valence-corrected chi connectivity index (χ4v) is 2.80. The van der Waals surface area contributed by atoms with Crippen LogP contribution in [0.1, 0.15) is 35.2 Å². The first-order chi connectivity index (χ1) is 9.16. The molecule has 1 heterocycles. The number of benzene rings is 1. The molecule has 1 aliphatic carbocycles. The Morgan fingerprint density at radius 3 is 2.89 bits per heavy atom. The molecule has 1 saturated heterocycles. The van der Waals surface area contributed by atoms with Gasteiger partial charge in [0.05, 0.1) is 12.1 Å². The van der Waals surface area contributed by atoms with Crippen molar-refractivity contribution in [2.24, 2.45) is 5.92 Å². The van der Waals surface area contributed by atoms with Crippen molar-refractivity contribution in [3.8, 4) is 0 Å². The van der Waals surface area contributed by atoms with E-state index in [1.807, 2.05) is 25.1 Å². The maximum Gasteiger partial charge on any atom is 0.251 e. The summed E-state index contributed by atoms with van der Waals surface area (Å²) >= 11 is 0. The lowest BCUT2D eigenvalue weighted by Gasteiger charge is -2.20. The van der Waals surface area contributed by atoms with Gasteiger partial charge >= 0.3 is 0 Å². The number of anilines is 1. The molecule has 2 aliphatic rings. The lowest BCUT2D eigenvalue weighted by Crippen LogP contribution is -2.41. The fourth-order valence-electron chi connectivity index (χ4n) is 2.80. The van der Waals surface area contributed by atoms with Gasteiger partial charge in [-0.05, 0) is 49.8 Å². The number of amides is 1. The number of nitrogens with one attached hydrogen (secondary N) is 1. The Morgan fingerprint density at radius 1 is 1.37 bits per heavy atom. The zero-order chi connectivity index (χ0) is 13.4. The van der Waals surface area contributed by atoms with Crippen LogP contribution < -0.4 is 11.1 Å². The predicted molar refractivity (Wildman–Crippen MR) is 73.9 cm³/mol. The molecule has 0 bridgehead atoms. The van der Waals surface area contributed by atoms with Crippen LogP contribution in [0.2, 0.25) is 0 Å². The molecule has 1 aromatic carbocycles. The maximum atomic E-state index is 12.3. The molecule has 0 radical (unpaired) electrons. The van der Waals surface area contributed by atoms with E-state index >= 15 is 0 Å². The average Bonchev–Trinajstić information content (AvgIpc) is 3.13. The van der Waals surface area contributed by atoms with E-state index in [1.165, 1.54) is 12.8 Å². The van der Waals surface area contributed by atoms with Gasteiger partial charge in [-0.25, -0.2) is 0 Å². The van der Waals surface area contributed by atoms with Gasteiger partial charge < -0.3 is 15.8 Å². The van der Waals surface area contributed by atoms with Gasteiger partial charge in [0.25, 0.3) is 5.91 Å². The smallest absolute Gasteiger partial charge is 0.251 e. The number of rotatable bonds is 3. The molecule has 1 saturated carbocycles. The van der Waals surface area contributed by atoms with Crippen molar-refractivity contribution >= 4 is 11.6 Å². The summed E-state index contributed by atoms with van der Waals surface area (Å²) in [5, 5.41) is 3.12. The van der Waals surface area contributed by atoms with Gasteiger partial charge in [-0.1, -0.05) is 6.07 Å². The zero-order valence-electron chi connectivity index (χ0n) is 11.2. The Kier molecular flexibility index (Phi) is 3.19. The fraction of sp³-hybridized carbons (Fsp3) is 0.533. The molecule has 3 N–H and O–H groups in total. The van der Waals surface area contributed by atoms with Gasteiger partial charge in [0.1, 0.15) is 0 Å². The number of carbonyl (C=O) groups excluding carboxylic acids is 1. The summed E-state index contributed by atoms with van der Waals surface area (Å²) in [5.74, 6) is 0.612. The van der Waals surface area contributed by atoms with E-state index in [2.05, 4.69) is 5.32 Å². The molecule has 4 heteroatoms. The van der Waals surface area contributed by atoms with Crippen molar-refractivity contribution in [2.45, 2.75) is 38.3 Å². The van der Waals surface area contributed by atoms with E-state index < -0.39 is 0 Å². The average molecular weight is 260 g/mol. The van der Waals surface area contributed by atoms with E-state index in [-0.39, 0.29) is 18.1 Å². The van der Waals surface area contributed by atoms with Gasteiger partial charge in [-0.3, -0.25) is 4.79 Å². The normalized spacial score (nSPS) is 26.4. The van der Waals surface area contributed by atoms with Crippen LogP contribution in [0, 0.1) is 12.8 Å². The molecule has 4 nitrogen and oxygen atoms in total. The number of hydrogen-bond donors (Lipinski definition) is 2. The molecule has 19 heavy (non-hydrogen) atoms. The Morgan fingerprint density at radius 2 is 2.16 bits per heavy atom. The van der Waals surface area contributed by atoms with Crippen molar-refractivity contribution in [3.63, 3.8) is 0 Å². The molecule has 102 valence electrons. The highest BCUT2D eigenvalue weighted by Gasteiger charge is 2.41. The Hall–Kier alpha value is -1.55. The number of ether oxygens (including phenoxy) is 1. The van der Waals surface area contributed by atoms with Crippen LogP contribution in [-0.2, 0) is 4.74 Å². The highest BCUT2D eigenvalue weighted by Crippen LogP contribution is 2.38. The monoisotopic (exact) mass is 260 g/mol. The minimum Gasteiger partial charge on any atom is -0.398 e. The highest BCUT2D eigenvalue weighted by molar-refractivity contribution is 5.97. The van der Waals surface area contributed by atoms with Crippen molar-refractivity contribution in [1.29, 1.82) is 0 Å². The van der Waals surface area contributed by atoms with Crippen molar-refractivity contribution in [3.05, 3.63) is 29.3 Å². The van der Waals surface area contributed by atoms with Crippen LogP contribution in [0.15, 0.2) is 18.2 Å². The molecular formula is C15H20N2O2. The van der Waals surface area contributed by atoms with Crippen molar-refractivity contribution in [1.82, 2.24) is 5.32 Å². The number of nitrogen functional groups attached to an aromatic ring is 1. The number of nitrogens with two attached hydrogens (primary N) is 1. The lowest BCUT2D eigenvalue weighted by atomic mass is 10.0. The van der Waals surface area contributed by atoms with E-state index in [1.54, 1.807) is 0 Å². The first-order valence-electron chi connectivity index (χ1n) is 6.94. The summed E-state index contributed by atoms with van der Waals surface area (Å²) in [4.78, 5) is 12.3. The third-order valence-corrected chi connectivity index (χ3v) is 4.16. The molecule has 1 aliphatic heterocycles. The third kappa shape index (κ3) is 2.45. The van der Waals surface area contributed by atoms with E-state index in [4.69, 9.17) is 10.5 Å². The van der Waals surface area contributed by atoms with Gasteiger partial charge in [-0.2, -0.15) is 0 Å². The van der Waals surface area contributed by atoms with Crippen LogP contribution in [0.5, 0.6) is 0 Å². The van der Waals surface area contributed by atoms with Gasteiger partial charge in [0.15, 0.2) is 0 Å². The largest absolute Gasteiger partial charge is 0.398 e. The highest BCUT2D eigenvalue weighted by atomic mass is 16.5. The Balaban J connectivity index is 1.72. The van der Waals surface area contributed by atoms with Crippen LogP contribution in [0.4, 0.5) is 5.69 Å². The summed E-state index contributed by atoms with van der Waals surface area (Å²) in [5.41, 5.74) is 8.03. The molecule has 2 fully saturated rings. The second-order valence-corrected chi connectivity index (χ2v) is 5.56. The minimum atomic E-state index is -0.0362. The van der Waals surface area contributed by atoms with Crippen LogP contribution in [-0.4, -0.2) is 24.7 Å². The van der Waals surface area contributed by atoms with Crippen LogP contribution in [0.3, 0.4) is 0 Å². The van der Waals surface area contributed by atoms with Crippen LogP contribution in [0.25, 0.3) is 0 Å². The second kappa shape index (κ2) is 4.85. The lowest BCUT2D eigenvalue weighted by molar-refractivity contribution is 0.0729. The molecule has 0 spiro atoms. The van der Waals surface area contributed by atoms with Gasteiger partial charge in [-0.15, -0.1) is 0 Å². The summed E-state index contributed by atoms with van der Waals surface area (Å²) in [7, 11) is 0.